The molecule has 0 aliphatic carbocycles. The lowest BCUT2D eigenvalue weighted by Crippen LogP contribution is -2.22. The van der Waals surface area contributed by atoms with Crippen LogP contribution in [0.5, 0.6) is 5.75 Å². The molecule has 0 atom stereocenters. The van der Waals surface area contributed by atoms with Gasteiger partial charge in [0.15, 0.2) is 0 Å². The van der Waals surface area contributed by atoms with Crippen LogP contribution in [0.4, 0.5) is 0 Å². The molecule has 0 unspecified atom stereocenters. The fourth-order valence-corrected chi connectivity index (χ4v) is 3.17. The number of carbonyl (C=O) groups is 1. The van der Waals surface area contributed by atoms with Crippen molar-refractivity contribution in [1.82, 2.24) is 15.5 Å². The van der Waals surface area contributed by atoms with Crippen molar-refractivity contribution in [2.45, 2.75) is 27.0 Å². The number of benzene rings is 1. The quantitative estimate of drug-likeness (QED) is 0.704. The van der Waals surface area contributed by atoms with Crippen LogP contribution in [0, 0.1) is 13.8 Å². The van der Waals surface area contributed by atoms with Gasteiger partial charge in [-0.25, -0.2) is 4.98 Å². The second kappa shape index (κ2) is 7.67. The summed E-state index contributed by atoms with van der Waals surface area (Å²) in [7, 11) is 0. The number of ether oxygens (including phenoxy) is 1. The maximum atomic E-state index is 12.3. The average Bonchev–Trinajstić information content (AvgIpc) is 3.18. The number of aryl methyl sites for hydroxylation is 2. The molecule has 0 saturated carbocycles. The van der Waals surface area contributed by atoms with E-state index in [1.807, 2.05) is 0 Å². The monoisotopic (exact) mass is 377 g/mol. The Hall–Kier alpha value is -2.38. The minimum atomic E-state index is -0.187. The molecule has 1 N–H and O–H groups in total. The van der Waals surface area contributed by atoms with Crippen molar-refractivity contribution in [3.05, 3.63) is 62.4 Å². The van der Waals surface area contributed by atoms with Gasteiger partial charge < -0.3 is 14.6 Å². The van der Waals surface area contributed by atoms with E-state index in [1.165, 1.54) is 11.3 Å². The third kappa shape index (κ3) is 4.58. The highest BCUT2D eigenvalue weighted by Crippen LogP contribution is 2.21. The second-order valence-electron chi connectivity index (χ2n) is 5.38. The highest BCUT2D eigenvalue weighted by molar-refractivity contribution is 7.13. The van der Waals surface area contributed by atoms with Crippen LogP contribution in [0.25, 0.3) is 0 Å². The summed E-state index contributed by atoms with van der Waals surface area (Å²) in [6, 6.07) is 8.88. The topological polar surface area (TPSA) is 77.2 Å². The molecule has 0 aliphatic rings. The number of carbonyl (C=O) groups excluding carboxylic acids is 1. The van der Waals surface area contributed by atoms with Gasteiger partial charge in [-0.3, -0.25) is 4.79 Å². The van der Waals surface area contributed by atoms with Gasteiger partial charge in [0.1, 0.15) is 33.7 Å². The summed E-state index contributed by atoms with van der Waals surface area (Å²) < 4.78 is 10.6. The van der Waals surface area contributed by atoms with Crippen molar-refractivity contribution in [3.8, 4) is 5.75 Å². The molecule has 6 nitrogen and oxygen atoms in total. The van der Waals surface area contributed by atoms with E-state index in [9.17, 15) is 4.79 Å². The van der Waals surface area contributed by atoms with Crippen LogP contribution < -0.4 is 10.1 Å². The fraction of sp³-hybridized carbons (Fsp3) is 0.235. The number of halogens is 1. The number of nitrogens with zero attached hydrogens (tertiary/aromatic N) is 2. The molecule has 0 saturated heterocycles. The third-order valence-electron chi connectivity index (χ3n) is 3.33. The van der Waals surface area contributed by atoms with Crippen molar-refractivity contribution in [2.75, 3.05) is 0 Å². The van der Waals surface area contributed by atoms with Crippen LogP contribution >= 0.6 is 22.9 Å². The van der Waals surface area contributed by atoms with E-state index in [1.54, 1.807) is 44.2 Å². The Morgan fingerprint density at radius 3 is 2.76 bits per heavy atom. The Kier molecular flexibility index (Phi) is 5.35. The molecule has 8 heteroatoms. The molecular formula is C17H16ClN3O3S. The van der Waals surface area contributed by atoms with Gasteiger partial charge in [-0.15, -0.1) is 11.3 Å². The molecule has 2 heterocycles. The molecule has 1 amide bonds. The number of aromatic nitrogens is 2. The highest BCUT2D eigenvalue weighted by Gasteiger charge is 2.16. The fourth-order valence-electron chi connectivity index (χ4n) is 2.15. The molecule has 25 heavy (non-hydrogen) atoms. The molecule has 0 fully saturated rings. The van der Waals surface area contributed by atoms with Gasteiger partial charge in [-0.05, 0) is 38.1 Å². The Bertz CT molecular complexity index is 874. The zero-order valence-corrected chi connectivity index (χ0v) is 15.3. The normalized spacial score (nSPS) is 10.7. The van der Waals surface area contributed by atoms with E-state index < -0.39 is 0 Å². The SMILES string of the molecule is Cc1cc(CNC(=O)c2sc(COc3ccc(Cl)cc3)nc2C)no1. The minimum Gasteiger partial charge on any atom is -0.486 e. The lowest BCUT2D eigenvalue weighted by molar-refractivity contribution is 0.0953. The van der Waals surface area contributed by atoms with Gasteiger partial charge >= 0.3 is 0 Å². The number of hydrogen-bond acceptors (Lipinski definition) is 6. The van der Waals surface area contributed by atoms with Crippen LogP contribution in [0.1, 0.15) is 31.8 Å². The highest BCUT2D eigenvalue weighted by atomic mass is 35.5. The molecule has 0 radical (unpaired) electrons. The summed E-state index contributed by atoms with van der Waals surface area (Å²) in [5.41, 5.74) is 1.35. The molecule has 0 spiro atoms. The Morgan fingerprint density at radius 2 is 2.08 bits per heavy atom. The van der Waals surface area contributed by atoms with E-state index in [-0.39, 0.29) is 5.91 Å². The summed E-state index contributed by atoms with van der Waals surface area (Å²) in [6.45, 7) is 4.21. The molecule has 3 aromatic rings. The summed E-state index contributed by atoms with van der Waals surface area (Å²) in [4.78, 5) is 17.3. The van der Waals surface area contributed by atoms with E-state index >= 15 is 0 Å². The van der Waals surface area contributed by atoms with Crippen molar-refractivity contribution < 1.29 is 14.1 Å². The lowest BCUT2D eigenvalue weighted by atomic mass is 10.3. The van der Waals surface area contributed by atoms with Crippen LogP contribution in [0.15, 0.2) is 34.9 Å². The largest absolute Gasteiger partial charge is 0.486 e. The lowest BCUT2D eigenvalue weighted by Gasteiger charge is -2.03. The zero-order valence-electron chi connectivity index (χ0n) is 13.7. The van der Waals surface area contributed by atoms with Crippen molar-refractivity contribution in [1.29, 1.82) is 0 Å². The minimum absolute atomic E-state index is 0.187. The summed E-state index contributed by atoms with van der Waals surface area (Å²) >= 11 is 7.15. The molecule has 0 aliphatic heterocycles. The predicted molar refractivity (Wildman–Crippen MR) is 95.0 cm³/mol. The van der Waals surface area contributed by atoms with E-state index in [0.29, 0.717) is 45.9 Å². The molecule has 0 bridgehead atoms. The van der Waals surface area contributed by atoms with Gasteiger partial charge in [0.2, 0.25) is 0 Å². The molecule has 3 rings (SSSR count). The number of thiazole rings is 1. The number of amides is 1. The van der Waals surface area contributed by atoms with Crippen LogP contribution in [-0.4, -0.2) is 16.0 Å². The summed E-state index contributed by atoms with van der Waals surface area (Å²) in [5, 5.41) is 8.05. The maximum absolute atomic E-state index is 12.3. The average molecular weight is 378 g/mol. The van der Waals surface area contributed by atoms with Crippen molar-refractivity contribution >= 4 is 28.8 Å². The molecule has 2 aromatic heterocycles. The first-order valence-corrected chi connectivity index (χ1v) is 8.76. The molecule has 130 valence electrons. The number of rotatable bonds is 6. The van der Waals surface area contributed by atoms with Crippen LogP contribution in [0.3, 0.4) is 0 Å². The summed E-state index contributed by atoms with van der Waals surface area (Å²) in [5.74, 6) is 1.22. The van der Waals surface area contributed by atoms with Gasteiger partial charge in [0, 0.05) is 11.1 Å². The first kappa shape index (κ1) is 17.4. The van der Waals surface area contributed by atoms with E-state index in [4.69, 9.17) is 20.9 Å². The first-order valence-electron chi connectivity index (χ1n) is 7.56. The third-order valence-corrected chi connectivity index (χ3v) is 4.71. The zero-order chi connectivity index (χ0) is 17.8. The van der Waals surface area contributed by atoms with Gasteiger partial charge in [0.25, 0.3) is 5.91 Å². The second-order valence-corrected chi connectivity index (χ2v) is 6.90. The van der Waals surface area contributed by atoms with Gasteiger partial charge in [0.05, 0.1) is 12.2 Å². The van der Waals surface area contributed by atoms with Gasteiger partial charge in [-0.2, -0.15) is 0 Å². The van der Waals surface area contributed by atoms with E-state index in [2.05, 4.69) is 15.5 Å². The number of nitrogens with one attached hydrogen (secondary N) is 1. The van der Waals surface area contributed by atoms with Crippen molar-refractivity contribution in [2.24, 2.45) is 0 Å². The maximum Gasteiger partial charge on any atom is 0.263 e. The van der Waals surface area contributed by atoms with E-state index in [0.717, 1.165) is 5.01 Å². The summed E-state index contributed by atoms with van der Waals surface area (Å²) in [6.07, 6.45) is 0. The smallest absolute Gasteiger partial charge is 0.263 e. The Balaban J connectivity index is 1.59. The number of hydrogen-bond donors (Lipinski definition) is 1. The van der Waals surface area contributed by atoms with Crippen LogP contribution in [-0.2, 0) is 13.2 Å². The Labute approximate surface area is 153 Å². The molecular weight excluding hydrogens is 362 g/mol. The van der Waals surface area contributed by atoms with Gasteiger partial charge in [-0.1, -0.05) is 16.8 Å². The van der Waals surface area contributed by atoms with Crippen molar-refractivity contribution in [3.63, 3.8) is 0 Å². The molecule has 1 aromatic carbocycles. The first-order chi connectivity index (χ1) is 12.0. The standard InChI is InChI=1S/C17H16ClN3O3S/c1-10-7-13(21-24-10)8-19-17(22)16-11(2)20-15(25-16)9-23-14-5-3-12(18)4-6-14/h3-7H,8-9H2,1-2H3,(H,19,22). The predicted octanol–water partition coefficient (Wildman–Crippen LogP) is 3.91. The Morgan fingerprint density at radius 1 is 1.32 bits per heavy atom. The van der Waals surface area contributed by atoms with Crippen LogP contribution in [0.2, 0.25) is 5.02 Å².